The molecule has 0 N–H and O–H groups in total. The minimum Gasteiger partial charge on any atom is -0.460 e. The molecule has 6 nitrogen and oxygen atoms in total. The predicted molar refractivity (Wildman–Crippen MR) is 82.8 cm³/mol. The Labute approximate surface area is 133 Å². The average molecular weight is 318 g/mol. The summed E-state index contributed by atoms with van der Waals surface area (Å²) >= 11 is 0. The molecule has 6 heteroatoms. The van der Waals surface area contributed by atoms with Crippen LogP contribution < -0.4 is 0 Å². The van der Waals surface area contributed by atoms with Crippen LogP contribution in [-0.4, -0.2) is 56.5 Å². The van der Waals surface area contributed by atoms with Crippen molar-refractivity contribution in [3.63, 3.8) is 0 Å². The van der Waals surface area contributed by atoms with Crippen LogP contribution >= 0.6 is 0 Å². The fraction of sp³-hybridized carbons (Fsp3) is 0.875. The first-order valence-electron chi connectivity index (χ1n) is 7.85. The quantitative estimate of drug-likeness (QED) is 0.294. The lowest BCUT2D eigenvalue weighted by Gasteiger charge is -2.20. The topological polar surface area (TPSA) is 71.1 Å². The molecule has 0 heterocycles. The molecule has 0 bridgehead atoms. The van der Waals surface area contributed by atoms with Gasteiger partial charge in [0.15, 0.2) is 0 Å². The number of rotatable bonds is 13. The van der Waals surface area contributed by atoms with Gasteiger partial charge in [-0.25, -0.2) is 0 Å². The fourth-order valence-corrected chi connectivity index (χ4v) is 1.59. The zero-order chi connectivity index (χ0) is 17.0. The van der Waals surface area contributed by atoms with E-state index < -0.39 is 5.97 Å². The highest BCUT2D eigenvalue weighted by Crippen LogP contribution is 2.02. The molecule has 0 radical (unpaired) electrons. The minimum atomic E-state index is -0.519. The van der Waals surface area contributed by atoms with E-state index in [0.717, 1.165) is 13.0 Å². The van der Waals surface area contributed by atoms with Gasteiger partial charge < -0.3 is 18.9 Å². The van der Waals surface area contributed by atoms with Crippen LogP contribution in [0.4, 0.5) is 0 Å². The first-order chi connectivity index (χ1) is 10.3. The standard InChI is InChI=1S/C16H30O6/c1-6-7-19-9-13(3)20-10-14(4)21-11-15(5)22-16(18)8-12(2)17/h13-15H,6-11H2,1-5H3. The third-order valence-corrected chi connectivity index (χ3v) is 2.66. The van der Waals surface area contributed by atoms with E-state index in [-0.39, 0.29) is 37.1 Å². The summed E-state index contributed by atoms with van der Waals surface area (Å²) in [5.41, 5.74) is 0. The van der Waals surface area contributed by atoms with Crippen molar-refractivity contribution in [3.05, 3.63) is 0 Å². The summed E-state index contributed by atoms with van der Waals surface area (Å²) in [6.45, 7) is 11.0. The van der Waals surface area contributed by atoms with Gasteiger partial charge in [-0.2, -0.15) is 0 Å². The van der Waals surface area contributed by atoms with Crippen LogP contribution in [0.15, 0.2) is 0 Å². The molecule has 130 valence electrons. The maximum Gasteiger partial charge on any atom is 0.313 e. The Morgan fingerprint density at radius 3 is 2.00 bits per heavy atom. The van der Waals surface area contributed by atoms with Crippen LogP contribution in [0.2, 0.25) is 0 Å². The Morgan fingerprint density at radius 2 is 1.45 bits per heavy atom. The highest BCUT2D eigenvalue weighted by Gasteiger charge is 2.14. The molecule has 0 aliphatic rings. The Kier molecular flexibility index (Phi) is 12.0. The molecule has 22 heavy (non-hydrogen) atoms. The second-order valence-corrected chi connectivity index (χ2v) is 5.54. The molecule has 0 aromatic rings. The van der Waals surface area contributed by atoms with E-state index in [2.05, 4.69) is 6.92 Å². The largest absolute Gasteiger partial charge is 0.460 e. The van der Waals surface area contributed by atoms with Crippen LogP contribution in [0.25, 0.3) is 0 Å². The Morgan fingerprint density at radius 1 is 0.909 bits per heavy atom. The molecule has 0 amide bonds. The van der Waals surface area contributed by atoms with Crippen molar-refractivity contribution < 1.29 is 28.5 Å². The van der Waals surface area contributed by atoms with Gasteiger partial charge in [-0.3, -0.25) is 9.59 Å². The van der Waals surface area contributed by atoms with E-state index in [1.54, 1.807) is 6.92 Å². The van der Waals surface area contributed by atoms with Gasteiger partial charge in [0.25, 0.3) is 0 Å². The molecule has 0 fully saturated rings. The van der Waals surface area contributed by atoms with Gasteiger partial charge in [-0.1, -0.05) is 6.92 Å². The first-order valence-corrected chi connectivity index (χ1v) is 7.85. The molecule has 0 aliphatic carbocycles. The summed E-state index contributed by atoms with van der Waals surface area (Å²) in [5.74, 6) is -0.728. The average Bonchev–Trinajstić information content (AvgIpc) is 2.42. The third kappa shape index (κ3) is 12.7. The molecule has 0 saturated heterocycles. The Hall–Kier alpha value is -0.980. The minimum absolute atomic E-state index is 0.0171. The number of carbonyl (C=O) groups excluding carboxylic acids is 2. The lowest BCUT2D eigenvalue weighted by molar-refractivity contribution is -0.154. The third-order valence-electron chi connectivity index (χ3n) is 2.66. The van der Waals surface area contributed by atoms with Gasteiger partial charge in [0.1, 0.15) is 18.3 Å². The number of ketones is 1. The molecule has 0 aromatic carbocycles. The molecular weight excluding hydrogens is 288 g/mol. The number of carbonyl (C=O) groups is 2. The van der Waals surface area contributed by atoms with Crippen molar-refractivity contribution in [2.24, 2.45) is 0 Å². The van der Waals surface area contributed by atoms with Crippen LogP contribution in [0.3, 0.4) is 0 Å². The molecule has 0 saturated carbocycles. The summed E-state index contributed by atoms with van der Waals surface area (Å²) in [5, 5.41) is 0. The van der Waals surface area contributed by atoms with E-state index >= 15 is 0 Å². The first kappa shape index (κ1) is 21.0. The molecule has 3 atom stereocenters. The Balaban J connectivity index is 3.72. The van der Waals surface area contributed by atoms with Crippen LogP contribution in [0.1, 0.15) is 47.5 Å². The second-order valence-electron chi connectivity index (χ2n) is 5.54. The summed E-state index contributed by atoms with van der Waals surface area (Å²) < 4.78 is 21.6. The maximum atomic E-state index is 11.3. The van der Waals surface area contributed by atoms with Crippen LogP contribution in [0, 0.1) is 0 Å². The second kappa shape index (κ2) is 12.6. The summed E-state index contributed by atoms with van der Waals surface area (Å²) in [6, 6.07) is 0. The van der Waals surface area contributed by atoms with Crippen molar-refractivity contribution >= 4 is 11.8 Å². The fourth-order valence-electron chi connectivity index (χ4n) is 1.59. The zero-order valence-electron chi connectivity index (χ0n) is 14.4. The number of Topliss-reactive ketones (excluding diaryl/α,β-unsaturated/α-hetero) is 1. The summed E-state index contributed by atoms with van der Waals surface area (Å²) in [4.78, 5) is 22.1. The van der Waals surface area contributed by atoms with E-state index in [4.69, 9.17) is 18.9 Å². The Bertz CT molecular complexity index is 318. The predicted octanol–water partition coefficient (Wildman–Crippen LogP) is 2.13. The van der Waals surface area contributed by atoms with Crippen molar-refractivity contribution in [1.29, 1.82) is 0 Å². The maximum absolute atomic E-state index is 11.3. The number of esters is 1. The molecule has 3 unspecified atom stereocenters. The van der Waals surface area contributed by atoms with Gasteiger partial charge in [0, 0.05) is 6.61 Å². The van der Waals surface area contributed by atoms with E-state index in [1.165, 1.54) is 6.92 Å². The normalized spacial score (nSPS) is 15.1. The number of hydrogen-bond donors (Lipinski definition) is 0. The van der Waals surface area contributed by atoms with Crippen molar-refractivity contribution in [2.75, 3.05) is 26.4 Å². The number of ether oxygens (including phenoxy) is 4. The van der Waals surface area contributed by atoms with Gasteiger partial charge in [-0.15, -0.1) is 0 Å². The van der Waals surface area contributed by atoms with E-state index in [9.17, 15) is 9.59 Å². The molecule has 0 aliphatic heterocycles. The van der Waals surface area contributed by atoms with Gasteiger partial charge in [0.05, 0.1) is 32.0 Å². The van der Waals surface area contributed by atoms with Gasteiger partial charge in [0.2, 0.25) is 0 Å². The lowest BCUT2D eigenvalue weighted by Crippen LogP contribution is -2.28. The van der Waals surface area contributed by atoms with Crippen molar-refractivity contribution in [1.82, 2.24) is 0 Å². The monoisotopic (exact) mass is 318 g/mol. The van der Waals surface area contributed by atoms with E-state index in [1.807, 2.05) is 13.8 Å². The highest BCUT2D eigenvalue weighted by atomic mass is 16.6. The summed E-state index contributed by atoms with van der Waals surface area (Å²) in [7, 11) is 0. The highest BCUT2D eigenvalue weighted by molar-refractivity contribution is 5.94. The van der Waals surface area contributed by atoms with Crippen molar-refractivity contribution in [3.8, 4) is 0 Å². The van der Waals surface area contributed by atoms with Crippen molar-refractivity contribution in [2.45, 2.75) is 65.8 Å². The molecule has 0 aromatic heterocycles. The lowest BCUT2D eigenvalue weighted by atomic mass is 10.3. The SMILES string of the molecule is CCCOCC(C)OCC(C)OCC(C)OC(=O)CC(C)=O. The van der Waals surface area contributed by atoms with E-state index in [0.29, 0.717) is 13.2 Å². The molecule has 0 spiro atoms. The van der Waals surface area contributed by atoms with Gasteiger partial charge in [-0.05, 0) is 34.1 Å². The number of hydrogen-bond acceptors (Lipinski definition) is 6. The summed E-state index contributed by atoms with van der Waals surface area (Å²) in [6.07, 6.45) is 0.315. The van der Waals surface area contributed by atoms with Crippen LogP contribution in [0.5, 0.6) is 0 Å². The van der Waals surface area contributed by atoms with Crippen LogP contribution in [-0.2, 0) is 28.5 Å². The molecule has 0 rings (SSSR count). The molecular formula is C16H30O6. The van der Waals surface area contributed by atoms with Gasteiger partial charge >= 0.3 is 5.97 Å². The smallest absolute Gasteiger partial charge is 0.313 e. The zero-order valence-corrected chi connectivity index (χ0v) is 14.4.